The smallest absolute Gasteiger partial charge is 0.258 e. The molecule has 1 atom stereocenters. The number of carbonyl (C=O) groups excluding carboxylic acids is 1. The lowest BCUT2D eigenvalue weighted by molar-refractivity contribution is -0.123. The Kier molecular flexibility index (Phi) is 8.44. The average Bonchev–Trinajstić information content (AvgIpc) is 2.89. The third-order valence-electron chi connectivity index (χ3n) is 6.59. The molecule has 0 bridgehead atoms. The van der Waals surface area contributed by atoms with E-state index in [1.165, 1.54) is 12.1 Å². The Morgan fingerprint density at radius 1 is 1.00 bits per heavy atom. The molecule has 7 heteroatoms. The van der Waals surface area contributed by atoms with Gasteiger partial charge in [0, 0.05) is 58.2 Å². The van der Waals surface area contributed by atoms with Crippen molar-refractivity contribution in [3.63, 3.8) is 0 Å². The number of anilines is 2. The fraction of sp³-hybridized carbons (Fsp3) is 0.345. The van der Waals surface area contributed by atoms with Crippen LogP contribution in [0.15, 0.2) is 72.8 Å². The van der Waals surface area contributed by atoms with Crippen molar-refractivity contribution >= 4 is 17.3 Å². The number of piperazine rings is 1. The molecule has 6 nitrogen and oxygen atoms in total. The van der Waals surface area contributed by atoms with Crippen molar-refractivity contribution < 1.29 is 13.9 Å². The number of carbonyl (C=O) groups is 1. The number of ether oxygens (including phenoxy) is 1. The minimum absolute atomic E-state index is 0.0198. The Bertz CT molecular complexity index is 1130. The minimum Gasteiger partial charge on any atom is -0.484 e. The van der Waals surface area contributed by atoms with Crippen LogP contribution in [0.2, 0.25) is 0 Å². The Morgan fingerprint density at radius 3 is 2.33 bits per heavy atom. The molecule has 1 saturated heterocycles. The van der Waals surface area contributed by atoms with Crippen molar-refractivity contribution in [2.45, 2.75) is 13.0 Å². The first-order valence-electron chi connectivity index (χ1n) is 12.4. The number of benzene rings is 3. The first-order chi connectivity index (χ1) is 17.4. The highest BCUT2D eigenvalue weighted by Gasteiger charge is 2.26. The van der Waals surface area contributed by atoms with E-state index in [0.717, 1.165) is 48.7 Å². The first kappa shape index (κ1) is 25.5. The molecule has 36 heavy (non-hydrogen) atoms. The molecule has 1 unspecified atom stereocenters. The van der Waals surface area contributed by atoms with Crippen LogP contribution >= 0.6 is 0 Å². The Balaban J connectivity index is 1.40. The molecular weight excluding hydrogens is 455 g/mol. The molecule has 1 aliphatic rings. The maximum absolute atomic E-state index is 13.3. The van der Waals surface area contributed by atoms with Crippen LogP contribution in [0.5, 0.6) is 5.75 Å². The third-order valence-corrected chi connectivity index (χ3v) is 6.59. The molecule has 1 N–H and O–H groups in total. The lowest BCUT2D eigenvalue weighted by atomic mass is 10.0. The van der Waals surface area contributed by atoms with E-state index in [1.54, 1.807) is 0 Å². The van der Waals surface area contributed by atoms with Crippen LogP contribution in [0.25, 0.3) is 0 Å². The molecule has 1 aliphatic heterocycles. The van der Waals surface area contributed by atoms with E-state index < -0.39 is 0 Å². The van der Waals surface area contributed by atoms with E-state index in [-0.39, 0.29) is 24.4 Å². The van der Waals surface area contributed by atoms with Crippen LogP contribution in [0, 0.1) is 12.7 Å². The number of nitrogens with one attached hydrogen (secondary N) is 1. The van der Waals surface area contributed by atoms with E-state index in [2.05, 4.69) is 44.3 Å². The molecule has 4 rings (SSSR count). The number of hydrogen-bond donors (Lipinski definition) is 1. The van der Waals surface area contributed by atoms with Gasteiger partial charge in [0.25, 0.3) is 5.91 Å². The van der Waals surface area contributed by atoms with Gasteiger partial charge in [0.1, 0.15) is 11.6 Å². The van der Waals surface area contributed by atoms with Crippen LogP contribution < -0.4 is 19.9 Å². The van der Waals surface area contributed by atoms with E-state index in [4.69, 9.17) is 4.74 Å². The lowest BCUT2D eigenvalue weighted by Crippen LogP contribution is -2.50. The van der Waals surface area contributed by atoms with Crippen LogP contribution in [0.1, 0.15) is 17.2 Å². The zero-order valence-corrected chi connectivity index (χ0v) is 21.3. The average molecular weight is 491 g/mol. The number of aryl methyl sites for hydroxylation is 1. The number of nitrogens with zero attached hydrogens (tertiary/aromatic N) is 3. The summed E-state index contributed by atoms with van der Waals surface area (Å²) in [6.45, 7) is 5.82. The van der Waals surface area contributed by atoms with Crippen molar-refractivity contribution in [3.8, 4) is 5.75 Å². The summed E-state index contributed by atoms with van der Waals surface area (Å²) in [6.07, 6.45) is 0. The predicted octanol–water partition coefficient (Wildman–Crippen LogP) is 4.26. The summed E-state index contributed by atoms with van der Waals surface area (Å²) < 4.78 is 19.0. The molecular formula is C29H35FN4O2. The highest BCUT2D eigenvalue weighted by atomic mass is 19.1. The lowest BCUT2D eigenvalue weighted by Gasteiger charge is -2.40. The zero-order chi connectivity index (χ0) is 25.5. The number of rotatable bonds is 9. The second-order valence-corrected chi connectivity index (χ2v) is 9.41. The predicted molar refractivity (Wildman–Crippen MR) is 143 cm³/mol. The zero-order valence-electron chi connectivity index (χ0n) is 21.3. The van der Waals surface area contributed by atoms with E-state index in [1.807, 2.05) is 57.4 Å². The van der Waals surface area contributed by atoms with Gasteiger partial charge in [-0.15, -0.1) is 0 Å². The van der Waals surface area contributed by atoms with Gasteiger partial charge in [0.2, 0.25) is 0 Å². The van der Waals surface area contributed by atoms with Crippen molar-refractivity contribution in [2.75, 3.05) is 63.2 Å². The van der Waals surface area contributed by atoms with E-state index in [0.29, 0.717) is 12.3 Å². The number of hydrogen-bond acceptors (Lipinski definition) is 5. The minimum atomic E-state index is -0.222. The summed E-state index contributed by atoms with van der Waals surface area (Å²) in [5.41, 5.74) is 4.42. The van der Waals surface area contributed by atoms with Crippen LogP contribution in [0.4, 0.5) is 15.8 Å². The maximum Gasteiger partial charge on any atom is 0.258 e. The summed E-state index contributed by atoms with van der Waals surface area (Å²) in [5.74, 6) is 0.329. The number of amides is 1. The van der Waals surface area contributed by atoms with Gasteiger partial charge in [0.05, 0.1) is 6.04 Å². The Hall–Kier alpha value is -3.58. The summed E-state index contributed by atoms with van der Waals surface area (Å²) in [6, 6.07) is 22.9. The molecule has 1 heterocycles. The van der Waals surface area contributed by atoms with Crippen molar-refractivity contribution in [1.29, 1.82) is 0 Å². The molecule has 0 spiro atoms. The molecule has 1 amide bonds. The first-order valence-corrected chi connectivity index (χ1v) is 12.4. The summed E-state index contributed by atoms with van der Waals surface area (Å²) in [5, 5.41) is 3.08. The second-order valence-electron chi connectivity index (χ2n) is 9.41. The van der Waals surface area contributed by atoms with Crippen LogP contribution in [-0.2, 0) is 4.79 Å². The maximum atomic E-state index is 13.3. The topological polar surface area (TPSA) is 48.1 Å². The molecule has 1 fully saturated rings. The Labute approximate surface area is 213 Å². The van der Waals surface area contributed by atoms with Gasteiger partial charge in [-0.05, 0) is 66.6 Å². The highest BCUT2D eigenvalue weighted by Crippen LogP contribution is 2.26. The normalized spacial score (nSPS) is 14.8. The molecule has 0 radical (unpaired) electrons. The van der Waals surface area contributed by atoms with Crippen molar-refractivity contribution in [3.05, 3.63) is 89.7 Å². The molecule has 190 valence electrons. The van der Waals surface area contributed by atoms with Gasteiger partial charge in [-0.2, -0.15) is 0 Å². The summed E-state index contributed by atoms with van der Waals surface area (Å²) in [7, 11) is 4.05. The Morgan fingerprint density at radius 2 is 1.69 bits per heavy atom. The van der Waals surface area contributed by atoms with Gasteiger partial charge in [-0.3, -0.25) is 9.69 Å². The van der Waals surface area contributed by atoms with E-state index in [9.17, 15) is 9.18 Å². The van der Waals surface area contributed by atoms with Gasteiger partial charge in [0.15, 0.2) is 6.61 Å². The van der Waals surface area contributed by atoms with Crippen molar-refractivity contribution in [1.82, 2.24) is 10.2 Å². The van der Waals surface area contributed by atoms with Crippen LogP contribution in [0.3, 0.4) is 0 Å². The van der Waals surface area contributed by atoms with E-state index >= 15 is 0 Å². The van der Waals surface area contributed by atoms with Gasteiger partial charge in [-0.25, -0.2) is 4.39 Å². The number of halogens is 1. The fourth-order valence-corrected chi connectivity index (χ4v) is 4.51. The highest BCUT2D eigenvalue weighted by molar-refractivity contribution is 5.77. The monoisotopic (exact) mass is 490 g/mol. The molecule has 3 aromatic rings. The summed E-state index contributed by atoms with van der Waals surface area (Å²) >= 11 is 0. The van der Waals surface area contributed by atoms with Gasteiger partial charge >= 0.3 is 0 Å². The fourth-order valence-electron chi connectivity index (χ4n) is 4.51. The van der Waals surface area contributed by atoms with Gasteiger partial charge in [-0.1, -0.05) is 24.3 Å². The molecule has 0 saturated carbocycles. The largest absolute Gasteiger partial charge is 0.484 e. The van der Waals surface area contributed by atoms with Gasteiger partial charge < -0.3 is 19.9 Å². The summed E-state index contributed by atoms with van der Waals surface area (Å²) in [4.78, 5) is 19.4. The third kappa shape index (κ3) is 6.76. The quantitative estimate of drug-likeness (QED) is 0.486. The van der Waals surface area contributed by atoms with Crippen molar-refractivity contribution in [2.24, 2.45) is 0 Å². The molecule has 3 aromatic carbocycles. The second kappa shape index (κ2) is 11.9. The molecule has 0 aromatic heterocycles. The SMILES string of the molecule is Cc1cccc(OCC(=O)NCC(c2ccc(N(C)C)cc2)N2CCN(c3ccc(F)cc3)CC2)c1. The molecule has 0 aliphatic carbocycles. The van der Waals surface area contributed by atoms with Crippen LogP contribution in [-0.4, -0.2) is 64.2 Å². The standard InChI is InChI=1S/C29H35FN4O2/c1-22-5-4-6-27(19-22)36-21-29(35)31-20-28(23-7-11-25(12-8-23)32(2)3)34-17-15-33(16-18-34)26-13-9-24(30)10-14-26/h4-14,19,28H,15-18,20-21H2,1-3H3,(H,31,35).